The van der Waals surface area contributed by atoms with Crippen LogP contribution in [0.25, 0.3) is 11.2 Å². The molecule has 5 heteroatoms. The highest BCUT2D eigenvalue weighted by Crippen LogP contribution is 2.27. The zero-order chi connectivity index (χ0) is 15.4. The van der Waals surface area contributed by atoms with Gasteiger partial charge in [0.1, 0.15) is 11.3 Å². The zero-order valence-corrected chi connectivity index (χ0v) is 14.0. The topological polar surface area (TPSA) is 39.9 Å². The van der Waals surface area contributed by atoms with E-state index in [1.807, 2.05) is 12.1 Å². The van der Waals surface area contributed by atoms with Crippen molar-refractivity contribution in [1.29, 1.82) is 0 Å². The van der Waals surface area contributed by atoms with Gasteiger partial charge in [0, 0.05) is 24.4 Å². The van der Waals surface area contributed by atoms with Gasteiger partial charge >= 0.3 is 0 Å². The van der Waals surface area contributed by atoms with Crippen LogP contribution in [0.5, 0.6) is 5.88 Å². The Balaban J connectivity index is 2.47. The molecule has 0 saturated carbocycles. The van der Waals surface area contributed by atoms with Crippen molar-refractivity contribution in [1.82, 2.24) is 14.5 Å². The summed E-state index contributed by atoms with van der Waals surface area (Å²) in [7, 11) is 1.64. The van der Waals surface area contributed by atoms with Crippen molar-refractivity contribution < 1.29 is 4.74 Å². The van der Waals surface area contributed by atoms with Crippen molar-refractivity contribution in [3.8, 4) is 5.88 Å². The number of aromatic nitrogens is 3. The lowest BCUT2D eigenvalue weighted by atomic mass is 10.00. The van der Waals surface area contributed by atoms with Crippen LogP contribution in [0.15, 0.2) is 12.1 Å². The predicted octanol–water partition coefficient (Wildman–Crippen LogP) is 4.22. The maximum atomic E-state index is 5.93. The lowest BCUT2D eigenvalue weighted by Crippen LogP contribution is -2.13. The number of fused-ring (bicyclic) bond motifs is 1. The molecular weight excluding hydrogens is 286 g/mol. The van der Waals surface area contributed by atoms with Crippen molar-refractivity contribution in [2.75, 3.05) is 13.0 Å². The number of nitrogens with zero attached hydrogens (tertiary/aromatic N) is 3. The van der Waals surface area contributed by atoms with Crippen molar-refractivity contribution in [3.63, 3.8) is 0 Å². The van der Waals surface area contributed by atoms with Crippen molar-refractivity contribution in [2.24, 2.45) is 5.92 Å². The third-order valence-corrected chi connectivity index (χ3v) is 4.18. The largest absolute Gasteiger partial charge is 0.481 e. The molecule has 2 rings (SSSR count). The van der Waals surface area contributed by atoms with Crippen LogP contribution in [0.4, 0.5) is 0 Å². The van der Waals surface area contributed by atoms with E-state index in [0.29, 0.717) is 23.7 Å². The molecule has 0 bridgehead atoms. The van der Waals surface area contributed by atoms with E-state index >= 15 is 0 Å². The van der Waals surface area contributed by atoms with E-state index in [2.05, 4.69) is 30.3 Å². The van der Waals surface area contributed by atoms with Crippen molar-refractivity contribution in [2.45, 2.75) is 46.1 Å². The minimum absolute atomic E-state index is 0.350. The molecular formula is C16H24ClN3O. The summed E-state index contributed by atoms with van der Waals surface area (Å²) >= 11 is 5.93. The van der Waals surface area contributed by atoms with Crippen LogP contribution in [-0.2, 0) is 6.42 Å². The van der Waals surface area contributed by atoms with Crippen LogP contribution in [0.2, 0.25) is 0 Å². The Morgan fingerprint density at radius 1 is 1.29 bits per heavy atom. The minimum atomic E-state index is 0.350. The highest BCUT2D eigenvalue weighted by Gasteiger charge is 2.18. The summed E-state index contributed by atoms with van der Waals surface area (Å²) < 4.78 is 7.48. The number of methoxy groups -OCH3 is 1. The molecule has 0 fully saturated rings. The fourth-order valence-corrected chi connectivity index (χ4v) is 2.86. The highest BCUT2D eigenvalue weighted by atomic mass is 35.5. The Labute approximate surface area is 131 Å². The lowest BCUT2D eigenvalue weighted by Gasteiger charge is -2.20. The molecule has 2 aromatic rings. The summed E-state index contributed by atoms with van der Waals surface area (Å²) in [5.74, 6) is 2.87. The monoisotopic (exact) mass is 309 g/mol. The summed E-state index contributed by atoms with van der Waals surface area (Å²) in [6.45, 7) is 6.74. The second-order valence-electron chi connectivity index (χ2n) is 5.63. The van der Waals surface area contributed by atoms with Crippen molar-refractivity contribution in [3.05, 3.63) is 18.0 Å². The van der Waals surface area contributed by atoms with Gasteiger partial charge in [0.05, 0.1) is 7.11 Å². The van der Waals surface area contributed by atoms with Crippen LogP contribution in [0.3, 0.4) is 0 Å². The fraction of sp³-hybridized carbons (Fsp3) is 0.625. The summed E-state index contributed by atoms with van der Waals surface area (Å²) in [5, 5.41) is 0. The molecule has 116 valence electrons. The van der Waals surface area contributed by atoms with E-state index in [1.54, 1.807) is 7.11 Å². The number of rotatable bonds is 7. The Morgan fingerprint density at radius 3 is 2.67 bits per heavy atom. The van der Waals surface area contributed by atoms with Gasteiger partial charge in [-0.1, -0.05) is 20.3 Å². The first kappa shape index (κ1) is 16.1. The molecule has 2 atom stereocenters. The van der Waals surface area contributed by atoms with Crippen LogP contribution in [-0.4, -0.2) is 27.5 Å². The summed E-state index contributed by atoms with van der Waals surface area (Å²) in [5.41, 5.74) is 1.80. The normalized spacial score (nSPS) is 14.3. The van der Waals surface area contributed by atoms with Crippen LogP contribution < -0.4 is 4.74 Å². The molecule has 0 radical (unpaired) electrons. The van der Waals surface area contributed by atoms with E-state index in [4.69, 9.17) is 21.3 Å². The van der Waals surface area contributed by atoms with Gasteiger partial charge in [-0.3, -0.25) is 0 Å². The number of pyridine rings is 1. The third-order valence-electron chi connectivity index (χ3n) is 3.99. The van der Waals surface area contributed by atoms with Gasteiger partial charge in [-0.2, -0.15) is 4.98 Å². The SMILES string of the molecule is CCC(C)CC(C)n1c(CCCl)nc2ccc(OC)nc21. The number of ether oxygens (including phenoxy) is 1. The number of aryl methyl sites for hydroxylation is 1. The second-order valence-corrected chi connectivity index (χ2v) is 6.01. The quantitative estimate of drug-likeness (QED) is 0.719. The molecule has 0 aliphatic heterocycles. The standard InChI is InChI=1S/C16H24ClN3O/c1-5-11(2)10-12(3)20-14(8-9-17)18-13-6-7-15(21-4)19-16(13)20/h6-7,11-12H,5,8-10H2,1-4H3. The van der Waals surface area contributed by atoms with E-state index in [0.717, 1.165) is 29.8 Å². The highest BCUT2D eigenvalue weighted by molar-refractivity contribution is 6.17. The first-order valence-corrected chi connectivity index (χ1v) is 8.11. The van der Waals surface area contributed by atoms with Gasteiger partial charge in [-0.15, -0.1) is 11.6 Å². The summed E-state index contributed by atoms with van der Waals surface area (Å²) in [4.78, 5) is 9.28. The van der Waals surface area contributed by atoms with Crippen molar-refractivity contribution >= 4 is 22.8 Å². The van der Waals surface area contributed by atoms with E-state index in [-0.39, 0.29) is 0 Å². The average Bonchev–Trinajstić information content (AvgIpc) is 2.84. The molecule has 0 saturated heterocycles. The average molecular weight is 310 g/mol. The molecule has 0 aliphatic rings. The molecule has 0 amide bonds. The Bertz CT molecular complexity index is 596. The first-order valence-electron chi connectivity index (χ1n) is 7.58. The molecule has 0 spiro atoms. The molecule has 0 N–H and O–H groups in total. The number of imidazole rings is 1. The van der Waals surface area contributed by atoms with Gasteiger partial charge in [0.15, 0.2) is 5.65 Å². The third kappa shape index (κ3) is 3.49. The maximum Gasteiger partial charge on any atom is 0.215 e. The molecule has 2 aromatic heterocycles. The predicted molar refractivity (Wildman–Crippen MR) is 87.3 cm³/mol. The lowest BCUT2D eigenvalue weighted by molar-refractivity contribution is 0.388. The fourth-order valence-electron chi connectivity index (χ4n) is 2.70. The van der Waals surface area contributed by atoms with Gasteiger partial charge in [0.25, 0.3) is 0 Å². The molecule has 2 unspecified atom stereocenters. The smallest absolute Gasteiger partial charge is 0.215 e. The van der Waals surface area contributed by atoms with E-state index in [9.17, 15) is 0 Å². The summed E-state index contributed by atoms with van der Waals surface area (Å²) in [6, 6.07) is 4.16. The Hall–Kier alpha value is -1.29. The number of hydrogen-bond donors (Lipinski definition) is 0. The van der Waals surface area contributed by atoms with Gasteiger partial charge in [-0.05, 0) is 25.3 Å². The summed E-state index contributed by atoms with van der Waals surface area (Å²) in [6.07, 6.45) is 3.04. The molecule has 2 heterocycles. The first-order chi connectivity index (χ1) is 10.1. The Kier molecular flexibility index (Phi) is 5.45. The number of alkyl halides is 1. The van der Waals surface area contributed by atoms with Gasteiger partial charge in [-0.25, -0.2) is 4.98 Å². The molecule has 4 nitrogen and oxygen atoms in total. The maximum absolute atomic E-state index is 5.93. The van der Waals surface area contributed by atoms with Gasteiger partial charge in [0.2, 0.25) is 5.88 Å². The minimum Gasteiger partial charge on any atom is -0.481 e. The van der Waals surface area contributed by atoms with Gasteiger partial charge < -0.3 is 9.30 Å². The Morgan fingerprint density at radius 2 is 2.05 bits per heavy atom. The second kappa shape index (κ2) is 7.12. The zero-order valence-electron chi connectivity index (χ0n) is 13.3. The number of halogens is 1. The molecule has 0 aliphatic carbocycles. The van der Waals surface area contributed by atoms with Crippen LogP contribution >= 0.6 is 11.6 Å². The number of hydrogen-bond acceptors (Lipinski definition) is 3. The molecule has 21 heavy (non-hydrogen) atoms. The van der Waals surface area contributed by atoms with E-state index < -0.39 is 0 Å². The molecule has 0 aromatic carbocycles. The van der Waals surface area contributed by atoms with E-state index in [1.165, 1.54) is 6.42 Å². The van der Waals surface area contributed by atoms with Crippen LogP contribution in [0, 0.1) is 5.92 Å². The van der Waals surface area contributed by atoms with Crippen LogP contribution in [0.1, 0.15) is 45.5 Å².